The van der Waals surface area contributed by atoms with Crippen molar-refractivity contribution in [2.45, 2.75) is 107 Å². The molecule has 0 radical (unpaired) electrons. The van der Waals surface area contributed by atoms with Crippen molar-refractivity contribution < 1.29 is 38.2 Å². The molecular weight excluding hydrogens is 997 g/mol. The highest BCUT2D eigenvalue weighted by Crippen LogP contribution is 2.41. The third-order valence-electron chi connectivity index (χ3n) is 14.1. The minimum Gasteiger partial charge on any atom is -0.492 e. The van der Waals surface area contributed by atoms with Gasteiger partial charge in [0.05, 0.1) is 58.4 Å². The van der Waals surface area contributed by atoms with Crippen LogP contribution in [0.4, 0.5) is 15.9 Å². The van der Waals surface area contributed by atoms with Gasteiger partial charge in [0, 0.05) is 62.7 Å². The number of halogens is 2. The smallest absolute Gasteiger partial charge is 0.258 e. The van der Waals surface area contributed by atoms with Crippen molar-refractivity contribution >= 4 is 75.7 Å². The number of aryl methyl sites for hydroxylation is 1. The van der Waals surface area contributed by atoms with Crippen LogP contribution in [0, 0.1) is 17.8 Å². The van der Waals surface area contributed by atoms with Gasteiger partial charge >= 0.3 is 0 Å². The highest BCUT2D eigenvalue weighted by atomic mass is 35.5. The minimum absolute atomic E-state index is 0.0110. The lowest BCUT2D eigenvalue weighted by Gasteiger charge is -2.39. The molecule has 2 unspecified atom stereocenters. The Morgan fingerprint density at radius 3 is 2.48 bits per heavy atom. The summed E-state index contributed by atoms with van der Waals surface area (Å²) in [7, 11) is 0. The molecule has 6 N–H and O–H groups in total. The van der Waals surface area contributed by atoms with Crippen molar-refractivity contribution in [2.24, 2.45) is 16.6 Å². The van der Waals surface area contributed by atoms with Gasteiger partial charge in [-0.25, -0.2) is 19.3 Å². The maximum Gasteiger partial charge on any atom is 0.258 e. The Kier molecular flexibility index (Phi) is 16.6. The molecule has 3 aliphatic heterocycles. The number of aliphatic hydroxyl groups excluding tert-OH is 1. The summed E-state index contributed by atoms with van der Waals surface area (Å²) in [6.45, 7) is 13.0. The molecule has 2 aromatic carbocycles. The molecule has 3 atom stereocenters. The lowest BCUT2D eigenvalue weighted by molar-refractivity contribution is -0.145. The maximum atomic E-state index is 14.7. The van der Waals surface area contributed by atoms with Crippen LogP contribution in [0.3, 0.4) is 0 Å². The minimum atomic E-state index is -1.99. The summed E-state index contributed by atoms with van der Waals surface area (Å²) in [6, 6.07) is 8.84. The fourth-order valence-corrected chi connectivity index (χ4v) is 11.0. The van der Waals surface area contributed by atoms with Gasteiger partial charge in [-0.2, -0.15) is 0 Å². The first-order valence-corrected chi connectivity index (χ1v) is 26.8. The number of carbonyl (C=O) groups excluding carboxylic acids is 5. The first-order chi connectivity index (χ1) is 34.7. The van der Waals surface area contributed by atoms with Crippen LogP contribution >= 0.6 is 34.7 Å². The van der Waals surface area contributed by atoms with Crippen molar-refractivity contribution in [3.05, 3.63) is 70.6 Å². The lowest BCUT2D eigenvalue weighted by atomic mass is 9.80. The number of nitrogens with one attached hydrogen (secondary N) is 3. The molecule has 22 heteroatoms. The third kappa shape index (κ3) is 13.1. The summed E-state index contributed by atoms with van der Waals surface area (Å²) >= 11 is 9.62. The summed E-state index contributed by atoms with van der Waals surface area (Å²) in [5.74, 6) is -1.20. The van der Waals surface area contributed by atoms with Gasteiger partial charge in [-0.3, -0.25) is 28.9 Å². The number of ether oxygens (including phenoxy) is 1. The van der Waals surface area contributed by atoms with Crippen molar-refractivity contribution in [3.63, 3.8) is 0 Å². The van der Waals surface area contributed by atoms with Crippen molar-refractivity contribution in [3.8, 4) is 16.2 Å². The molecule has 18 nitrogen and oxygen atoms in total. The molecule has 5 heterocycles. The zero-order valence-electron chi connectivity index (χ0n) is 41.9. The number of piperazine rings is 1. The van der Waals surface area contributed by atoms with Crippen LogP contribution < -0.4 is 31.3 Å². The lowest BCUT2D eigenvalue weighted by Crippen LogP contribution is -2.59. The van der Waals surface area contributed by atoms with Crippen LogP contribution in [0.2, 0.25) is 5.02 Å². The number of alkyl halides is 1. The normalized spacial score (nSPS) is 20.1. The van der Waals surface area contributed by atoms with Crippen molar-refractivity contribution in [1.82, 2.24) is 40.3 Å². The Morgan fingerprint density at radius 2 is 1.82 bits per heavy atom. The molecule has 0 bridgehead atoms. The number of β-amino-alcohol motifs (C(OH)–C–C–N with tert-alkyl or cyclic N) is 1. The van der Waals surface area contributed by atoms with E-state index in [0.29, 0.717) is 58.1 Å². The number of rotatable bonds is 18. The number of thiazole rings is 1. The molecule has 392 valence electrons. The zero-order chi connectivity index (χ0) is 52.2. The average Bonchev–Trinajstić information content (AvgIpc) is 3.77. The molecule has 4 aliphatic rings. The van der Waals surface area contributed by atoms with Crippen LogP contribution in [-0.4, -0.2) is 154 Å². The molecule has 0 spiro atoms. The van der Waals surface area contributed by atoms with E-state index in [2.05, 4.69) is 42.7 Å². The van der Waals surface area contributed by atoms with Crippen molar-refractivity contribution in [2.75, 3.05) is 75.7 Å². The van der Waals surface area contributed by atoms with E-state index >= 15 is 0 Å². The number of hydrogen-bond acceptors (Lipinski definition) is 15. The van der Waals surface area contributed by atoms with Gasteiger partial charge in [0.25, 0.3) is 5.91 Å². The fourth-order valence-electron chi connectivity index (χ4n) is 9.14. The van der Waals surface area contributed by atoms with Crippen LogP contribution in [0.1, 0.15) is 71.1 Å². The van der Waals surface area contributed by atoms with E-state index in [1.807, 2.05) is 36.1 Å². The number of amides is 5. The summed E-state index contributed by atoms with van der Waals surface area (Å²) in [5, 5.41) is 20.1. The van der Waals surface area contributed by atoms with Crippen LogP contribution in [0.15, 0.2) is 64.2 Å². The summed E-state index contributed by atoms with van der Waals surface area (Å²) in [6.07, 6.45) is 4.67. The number of piperidine rings is 1. The second-order valence-electron chi connectivity index (χ2n) is 20.9. The van der Waals surface area contributed by atoms with Gasteiger partial charge in [-0.05, 0) is 73.7 Å². The number of nitrogens with two attached hydrogens (primary N) is 1. The number of benzene rings is 2. The number of carbonyl (C=O) groups is 5. The monoisotopic (exact) mass is 1060 g/mol. The Hall–Kier alpha value is -5.45. The largest absolute Gasteiger partial charge is 0.492 e. The SMILES string of the molecule is Cc1ncsc1-c1ccc(CNC(=O)C2CC(O)CN2C(=O)[C@@H](NC(=O)C2(F)CC2)C(C)(C)C)c(OCCN2CCN(CC(=O)Nc3cccc(Sc4cnc(N5CCC(C)(CN)CC5)cn4)c3Cl)C(=O)C2)c1. The second-order valence-corrected chi connectivity index (χ2v) is 23.2. The molecule has 8 rings (SSSR count). The summed E-state index contributed by atoms with van der Waals surface area (Å²) in [4.78, 5) is 89.5. The molecular formula is C51H65ClFN11O7S2. The maximum absolute atomic E-state index is 14.7. The predicted molar refractivity (Wildman–Crippen MR) is 278 cm³/mol. The van der Waals surface area contributed by atoms with E-state index in [1.54, 1.807) is 50.8 Å². The molecule has 2 aromatic heterocycles. The number of aromatic nitrogens is 3. The predicted octanol–water partition coefficient (Wildman–Crippen LogP) is 5.05. The van der Waals surface area contributed by atoms with Crippen LogP contribution in [0.5, 0.6) is 5.75 Å². The topological polar surface area (TPSA) is 229 Å². The van der Waals surface area contributed by atoms with Gasteiger partial charge in [-0.1, -0.05) is 69.3 Å². The Balaban J connectivity index is 0.833. The zero-order valence-corrected chi connectivity index (χ0v) is 44.3. The Labute approximate surface area is 438 Å². The highest BCUT2D eigenvalue weighted by molar-refractivity contribution is 7.99. The molecule has 1 saturated carbocycles. The number of aliphatic hydroxyl groups is 1. The second kappa shape index (κ2) is 22.6. The quantitative estimate of drug-likeness (QED) is 0.0879. The first kappa shape index (κ1) is 53.8. The van der Waals surface area contributed by atoms with Crippen LogP contribution in [-0.2, 0) is 30.5 Å². The molecule has 4 aromatic rings. The van der Waals surface area contributed by atoms with E-state index in [0.717, 1.165) is 47.9 Å². The van der Waals surface area contributed by atoms with Crippen LogP contribution in [0.25, 0.3) is 10.4 Å². The van der Waals surface area contributed by atoms with Gasteiger partial charge in [-0.15, -0.1) is 11.3 Å². The van der Waals surface area contributed by atoms with Crippen molar-refractivity contribution in [1.29, 1.82) is 0 Å². The third-order valence-corrected chi connectivity index (χ3v) is 16.6. The highest BCUT2D eigenvalue weighted by Gasteiger charge is 2.53. The van der Waals surface area contributed by atoms with Gasteiger partial charge in [0.2, 0.25) is 23.6 Å². The molecule has 73 heavy (non-hydrogen) atoms. The molecule has 3 saturated heterocycles. The number of hydrogen-bond donors (Lipinski definition) is 5. The van der Waals surface area contributed by atoms with Gasteiger partial charge in [0.15, 0.2) is 5.67 Å². The van der Waals surface area contributed by atoms with E-state index < -0.39 is 47.0 Å². The molecule has 5 amide bonds. The first-order valence-electron chi connectivity index (χ1n) is 24.7. The standard InChI is InChI=1S/C51H65ClFN11O7S2/c1-31-44(72-30-58-31)32-9-10-33(23-57-46(68)36-22-34(65)26-64(36)47(69)45(49(2,3)4)60-48(70)51(53)11-12-51)37(21-32)71-20-19-61-17-18-63(42(67)28-61)27-40(66)59-35-7-6-8-38(43(35)52)73-41-25-55-39(24-56-41)62-15-13-50(5,29-54)14-16-62/h6-10,21,24-25,30,34,36,45,65H,11-20,22-23,26-29,54H2,1-5H3,(H,57,68)(H,59,66)(H,60,70)/t34?,36?,45-/m1/s1. The number of likely N-dealkylation sites (tertiary alicyclic amines) is 1. The Bertz CT molecular complexity index is 2680. The van der Waals surface area contributed by atoms with E-state index in [1.165, 1.54) is 32.9 Å². The Morgan fingerprint density at radius 1 is 1.05 bits per heavy atom. The van der Waals surface area contributed by atoms with E-state index in [9.17, 15) is 33.5 Å². The molecule has 1 aliphatic carbocycles. The summed E-state index contributed by atoms with van der Waals surface area (Å²) < 4.78 is 21.1. The van der Waals surface area contributed by atoms with Gasteiger partial charge in [0.1, 0.15) is 35.3 Å². The fraction of sp³-hybridized carbons (Fsp3) is 0.529. The van der Waals surface area contributed by atoms with E-state index in [-0.39, 0.29) is 69.3 Å². The average molecular weight is 1060 g/mol. The molecule has 4 fully saturated rings. The summed E-state index contributed by atoms with van der Waals surface area (Å²) in [5.41, 5.74) is 7.88. The number of anilines is 2. The number of nitrogens with zero attached hydrogens (tertiary/aromatic N) is 7. The van der Waals surface area contributed by atoms with Gasteiger partial charge < -0.3 is 46.2 Å². The van der Waals surface area contributed by atoms with E-state index in [4.69, 9.17) is 22.1 Å².